The van der Waals surface area contributed by atoms with E-state index in [4.69, 9.17) is 12.2 Å². The van der Waals surface area contributed by atoms with Crippen molar-refractivity contribution in [2.45, 2.75) is 45.5 Å². The van der Waals surface area contributed by atoms with E-state index in [-0.39, 0.29) is 11.2 Å². The van der Waals surface area contributed by atoms with E-state index in [1.807, 2.05) is 13.8 Å². The van der Waals surface area contributed by atoms with Crippen LogP contribution in [0.1, 0.15) is 27.2 Å². The minimum atomic E-state index is -4.15. The van der Waals surface area contributed by atoms with Crippen LogP contribution in [0.15, 0.2) is 0 Å². The molecule has 2 nitrogen and oxygen atoms in total. The van der Waals surface area contributed by atoms with E-state index < -0.39 is 18.6 Å². The number of hydrogen-bond donors (Lipinski definition) is 2. The lowest BCUT2D eigenvalue weighted by Crippen LogP contribution is -2.44. The Balaban J connectivity index is 3.83. The van der Waals surface area contributed by atoms with Gasteiger partial charge in [-0.2, -0.15) is 13.2 Å². The highest BCUT2D eigenvalue weighted by Crippen LogP contribution is 2.21. The Kier molecular flexibility index (Phi) is 5.18. The fourth-order valence-electron chi connectivity index (χ4n) is 0.926. The second kappa shape index (κ2) is 5.38. The summed E-state index contributed by atoms with van der Waals surface area (Å²) >= 11 is 4.81. The molecule has 0 fully saturated rings. The predicted molar refractivity (Wildman–Crippen MR) is 54.1 cm³/mol. The van der Waals surface area contributed by atoms with Crippen LogP contribution in [0.4, 0.5) is 13.2 Å². The van der Waals surface area contributed by atoms with Crippen LogP contribution in [0.2, 0.25) is 0 Å². The number of halogens is 3. The predicted octanol–water partition coefficient (Wildman–Crippen LogP) is 2.20. The Bertz CT molecular complexity index is 192. The number of hydrogen-bond acceptors (Lipinski definition) is 1. The monoisotopic (exact) mass is 228 g/mol. The molecule has 84 valence electrons. The van der Waals surface area contributed by atoms with Gasteiger partial charge in [0.1, 0.15) is 0 Å². The molecule has 0 rings (SSSR count). The minimum Gasteiger partial charge on any atom is -0.361 e. The van der Waals surface area contributed by atoms with Gasteiger partial charge in [0.15, 0.2) is 5.11 Å². The zero-order valence-corrected chi connectivity index (χ0v) is 9.22. The van der Waals surface area contributed by atoms with Gasteiger partial charge in [-0.05, 0) is 33.0 Å². The van der Waals surface area contributed by atoms with Crippen molar-refractivity contribution >= 4 is 17.3 Å². The third-order valence-corrected chi connectivity index (χ3v) is 1.57. The quantitative estimate of drug-likeness (QED) is 0.724. The lowest BCUT2D eigenvalue weighted by Gasteiger charge is -2.19. The summed E-state index contributed by atoms with van der Waals surface area (Å²) in [6.07, 6.45) is -5.03. The standard InChI is InChI=1S/C8H15F3N2S/c1-5(2)12-7(14)13-6(3)4-8(9,10)11/h5-6H,4H2,1-3H3,(H2,12,13,14). The summed E-state index contributed by atoms with van der Waals surface area (Å²) in [5.41, 5.74) is 0. The van der Waals surface area contributed by atoms with Crippen LogP contribution in [0.25, 0.3) is 0 Å². The highest BCUT2D eigenvalue weighted by atomic mass is 32.1. The molecular formula is C8H15F3N2S. The van der Waals surface area contributed by atoms with Crippen LogP contribution < -0.4 is 10.6 Å². The van der Waals surface area contributed by atoms with Crippen molar-refractivity contribution in [2.24, 2.45) is 0 Å². The highest BCUT2D eigenvalue weighted by Gasteiger charge is 2.30. The first-order valence-corrected chi connectivity index (χ1v) is 4.75. The first kappa shape index (κ1) is 13.5. The van der Waals surface area contributed by atoms with E-state index in [0.29, 0.717) is 0 Å². The van der Waals surface area contributed by atoms with Gasteiger partial charge < -0.3 is 10.6 Å². The Morgan fingerprint density at radius 2 is 1.71 bits per heavy atom. The van der Waals surface area contributed by atoms with Crippen LogP contribution in [0, 0.1) is 0 Å². The fourth-order valence-corrected chi connectivity index (χ4v) is 1.36. The maximum absolute atomic E-state index is 11.9. The van der Waals surface area contributed by atoms with Gasteiger partial charge >= 0.3 is 6.18 Å². The molecule has 0 aliphatic heterocycles. The molecule has 0 radical (unpaired) electrons. The van der Waals surface area contributed by atoms with Gasteiger partial charge in [-0.1, -0.05) is 0 Å². The minimum absolute atomic E-state index is 0.119. The maximum Gasteiger partial charge on any atom is 0.391 e. The Hall–Kier alpha value is -0.520. The SMILES string of the molecule is CC(C)NC(=S)NC(C)CC(F)(F)F. The van der Waals surface area contributed by atoms with Crippen LogP contribution >= 0.6 is 12.2 Å². The van der Waals surface area contributed by atoms with E-state index in [1.165, 1.54) is 6.92 Å². The van der Waals surface area contributed by atoms with E-state index in [9.17, 15) is 13.2 Å². The first-order chi connectivity index (χ1) is 6.20. The zero-order valence-electron chi connectivity index (χ0n) is 8.40. The first-order valence-electron chi connectivity index (χ1n) is 4.34. The number of nitrogens with one attached hydrogen (secondary N) is 2. The number of alkyl halides is 3. The third-order valence-electron chi connectivity index (χ3n) is 1.33. The van der Waals surface area contributed by atoms with Gasteiger partial charge in [-0.3, -0.25) is 0 Å². The molecule has 0 spiro atoms. The molecule has 1 unspecified atom stereocenters. The molecule has 14 heavy (non-hydrogen) atoms. The van der Waals surface area contributed by atoms with E-state index in [0.717, 1.165) is 0 Å². The third kappa shape index (κ3) is 8.10. The molecule has 1 atom stereocenters. The average Bonchev–Trinajstić information content (AvgIpc) is 1.77. The molecule has 0 bridgehead atoms. The van der Waals surface area contributed by atoms with Crippen LogP contribution in [-0.2, 0) is 0 Å². The molecule has 0 aliphatic rings. The molecular weight excluding hydrogens is 213 g/mol. The summed E-state index contributed by atoms with van der Waals surface area (Å²) in [5.74, 6) is 0. The van der Waals surface area contributed by atoms with Crippen LogP contribution in [-0.4, -0.2) is 23.4 Å². The smallest absolute Gasteiger partial charge is 0.361 e. The summed E-state index contributed by atoms with van der Waals surface area (Å²) in [5, 5.41) is 5.64. The van der Waals surface area contributed by atoms with Crippen molar-refractivity contribution in [3.8, 4) is 0 Å². The molecule has 0 aromatic heterocycles. The van der Waals surface area contributed by atoms with Gasteiger partial charge in [-0.15, -0.1) is 0 Å². The summed E-state index contributed by atoms with van der Waals surface area (Å²) in [6.45, 7) is 5.17. The Morgan fingerprint density at radius 3 is 2.07 bits per heavy atom. The second-order valence-corrected chi connectivity index (χ2v) is 3.90. The van der Waals surface area contributed by atoms with Crippen LogP contribution in [0.5, 0.6) is 0 Å². The molecule has 0 aliphatic carbocycles. The van der Waals surface area contributed by atoms with Crippen molar-refractivity contribution < 1.29 is 13.2 Å². The van der Waals surface area contributed by atoms with Crippen molar-refractivity contribution in [1.82, 2.24) is 10.6 Å². The summed E-state index contributed by atoms with van der Waals surface area (Å²) in [4.78, 5) is 0. The summed E-state index contributed by atoms with van der Waals surface area (Å²) in [7, 11) is 0. The van der Waals surface area contributed by atoms with E-state index in [1.54, 1.807) is 0 Å². The molecule has 0 heterocycles. The van der Waals surface area contributed by atoms with E-state index in [2.05, 4.69) is 10.6 Å². The van der Waals surface area contributed by atoms with Gasteiger partial charge in [-0.25, -0.2) is 0 Å². The molecule has 2 N–H and O–H groups in total. The fraction of sp³-hybridized carbons (Fsp3) is 0.875. The van der Waals surface area contributed by atoms with Gasteiger partial charge in [0.2, 0.25) is 0 Å². The van der Waals surface area contributed by atoms with Gasteiger partial charge in [0.05, 0.1) is 6.42 Å². The summed E-state index contributed by atoms with van der Waals surface area (Å²) in [6, 6.07) is -0.582. The zero-order chi connectivity index (χ0) is 11.4. The molecule has 0 aromatic rings. The topological polar surface area (TPSA) is 24.1 Å². The van der Waals surface area contributed by atoms with Crippen molar-refractivity contribution in [3.05, 3.63) is 0 Å². The molecule has 0 amide bonds. The molecule has 6 heteroatoms. The summed E-state index contributed by atoms with van der Waals surface area (Å²) < 4.78 is 35.7. The Morgan fingerprint density at radius 1 is 1.21 bits per heavy atom. The van der Waals surface area contributed by atoms with Crippen molar-refractivity contribution in [2.75, 3.05) is 0 Å². The Labute approximate surface area is 87.2 Å². The normalized spacial score (nSPS) is 13.9. The maximum atomic E-state index is 11.9. The number of thiocarbonyl (C=S) groups is 1. The lowest BCUT2D eigenvalue weighted by molar-refractivity contribution is -0.138. The molecule has 0 aromatic carbocycles. The van der Waals surface area contributed by atoms with Gasteiger partial charge in [0, 0.05) is 12.1 Å². The molecule has 0 saturated carbocycles. The van der Waals surface area contributed by atoms with Crippen molar-refractivity contribution in [1.29, 1.82) is 0 Å². The highest BCUT2D eigenvalue weighted by molar-refractivity contribution is 7.80. The largest absolute Gasteiger partial charge is 0.391 e. The lowest BCUT2D eigenvalue weighted by atomic mass is 10.2. The molecule has 0 saturated heterocycles. The van der Waals surface area contributed by atoms with E-state index >= 15 is 0 Å². The second-order valence-electron chi connectivity index (χ2n) is 3.49. The average molecular weight is 228 g/mol. The number of rotatable bonds is 3. The van der Waals surface area contributed by atoms with Crippen LogP contribution in [0.3, 0.4) is 0 Å². The van der Waals surface area contributed by atoms with Crippen molar-refractivity contribution in [3.63, 3.8) is 0 Å². The van der Waals surface area contributed by atoms with Gasteiger partial charge in [0.25, 0.3) is 0 Å².